The second kappa shape index (κ2) is 6.09. The van der Waals surface area contributed by atoms with Crippen LogP contribution in [0.2, 0.25) is 0 Å². The summed E-state index contributed by atoms with van der Waals surface area (Å²) in [6.07, 6.45) is 1.51. The fourth-order valence-corrected chi connectivity index (χ4v) is 2.85. The smallest absolute Gasteiger partial charge is 0.255 e. The Kier molecular flexibility index (Phi) is 4.18. The van der Waals surface area contributed by atoms with Crippen molar-refractivity contribution in [1.29, 1.82) is 0 Å². The van der Waals surface area contributed by atoms with Gasteiger partial charge in [0.15, 0.2) is 11.3 Å². The first-order valence-corrected chi connectivity index (χ1v) is 8.48. The van der Waals surface area contributed by atoms with Crippen LogP contribution < -0.4 is 0 Å². The van der Waals surface area contributed by atoms with Crippen LogP contribution in [0.15, 0.2) is 20.9 Å². The largest absolute Gasteiger partial charge is 0.456 e. The molecule has 0 saturated heterocycles. The van der Waals surface area contributed by atoms with Crippen molar-refractivity contribution in [3.63, 3.8) is 0 Å². The third-order valence-electron chi connectivity index (χ3n) is 4.18. The maximum atomic E-state index is 7.29. The van der Waals surface area contributed by atoms with Crippen molar-refractivity contribution < 1.29 is 4.42 Å². The molecule has 0 radical (unpaired) electrons. The minimum Gasteiger partial charge on any atom is -0.456 e. The normalized spacial score (nSPS) is 12.6. The van der Waals surface area contributed by atoms with Crippen LogP contribution in [-0.2, 0) is 12.5 Å². The quantitative estimate of drug-likeness (QED) is 0.470. The number of azo groups is 1. The molecule has 0 unspecified atom stereocenters. The lowest BCUT2D eigenvalue weighted by Crippen LogP contribution is -2.13. The molecular formula is C18H23N7O. The van der Waals surface area contributed by atoms with Gasteiger partial charge in [-0.2, -0.15) is 5.10 Å². The lowest BCUT2D eigenvalue weighted by Gasteiger charge is -2.15. The van der Waals surface area contributed by atoms with Crippen molar-refractivity contribution in [3.05, 3.63) is 34.8 Å². The first-order valence-electron chi connectivity index (χ1n) is 8.48. The molecule has 0 N–H and O–H groups in total. The Labute approximate surface area is 152 Å². The molecular weight excluding hydrogens is 330 g/mol. The van der Waals surface area contributed by atoms with E-state index in [0.29, 0.717) is 11.4 Å². The van der Waals surface area contributed by atoms with Gasteiger partial charge < -0.3 is 8.98 Å². The van der Waals surface area contributed by atoms with E-state index in [1.54, 1.807) is 4.63 Å². The van der Waals surface area contributed by atoms with Crippen molar-refractivity contribution in [2.75, 3.05) is 0 Å². The van der Waals surface area contributed by atoms with Gasteiger partial charge in [-0.1, -0.05) is 34.6 Å². The van der Waals surface area contributed by atoms with Gasteiger partial charge in [0.2, 0.25) is 5.88 Å². The summed E-state index contributed by atoms with van der Waals surface area (Å²) in [5.74, 6) is 1.38. The lowest BCUT2D eigenvalue weighted by molar-refractivity contribution is 0.553. The van der Waals surface area contributed by atoms with Gasteiger partial charge >= 0.3 is 0 Å². The highest BCUT2D eigenvalue weighted by Gasteiger charge is 2.28. The van der Waals surface area contributed by atoms with Crippen LogP contribution >= 0.6 is 0 Å². The Balaban J connectivity index is 2.22. The minimum absolute atomic E-state index is 0.211. The highest BCUT2D eigenvalue weighted by molar-refractivity contribution is 5.70. The molecule has 8 heteroatoms. The summed E-state index contributed by atoms with van der Waals surface area (Å²) in [7, 11) is 1.95. The highest BCUT2D eigenvalue weighted by atomic mass is 16.3. The average molecular weight is 353 g/mol. The summed E-state index contributed by atoms with van der Waals surface area (Å²) in [6, 6.07) is 0. The van der Waals surface area contributed by atoms with Gasteiger partial charge in [0.25, 0.3) is 5.69 Å². The Morgan fingerprint density at radius 1 is 1.23 bits per heavy atom. The van der Waals surface area contributed by atoms with Gasteiger partial charge in [0.05, 0.1) is 18.5 Å². The summed E-state index contributed by atoms with van der Waals surface area (Å²) in [5, 5.41) is 17.9. The number of aryl methyl sites for hydroxylation is 2. The molecule has 3 aromatic heterocycles. The molecule has 0 spiro atoms. The Morgan fingerprint density at radius 3 is 2.50 bits per heavy atom. The molecule has 8 nitrogen and oxygen atoms in total. The zero-order chi connectivity index (χ0) is 19.2. The molecule has 3 heterocycles. The molecule has 0 amide bonds. The van der Waals surface area contributed by atoms with E-state index < -0.39 is 0 Å². The number of fused-ring (bicyclic) bond motifs is 1. The number of hydrogen-bond acceptors (Lipinski definition) is 5. The van der Waals surface area contributed by atoms with Crippen LogP contribution in [0.4, 0.5) is 17.3 Å². The lowest BCUT2D eigenvalue weighted by atomic mass is 9.91. The van der Waals surface area contributed by atoms with Crippen LogP contribution in [0.1, 0.15) is 57.6 Å². The predicted octanol–water partition coefficient (Wildman–Crippen LogP) is 5.36. The van der Waals surface area contributed by atoms with Crippen molar-refractivity contribution in [3.8, 4) is 0 Å². The fraction of sp³-hybridized carbons (Fsp3) is 0.500. The van der Waals surface area contributed by atoms with E-state index in [1.165, 1.54) is 6.26 Å². The minimum atomic E-state index is -0.234. The highest BCUT2D eigenvalue weighted by Crippen LogP contribution is 2.38. The molecule has 0 bridgehead atoms. The first-order chi connectivity index (χ1) is 12.1. The topological polar surface area (TPSA) is 77.3 Å². The van der Waals surface area contributed by atoms with Crippen LogP contribution in [0.25, 0.3) is 10.5 Å². The molecule has 0 aliphatic carbocycles. The molecule has 26 heavy (non-hydrogen) atoms. The summed E-state index contributed by atoms with van der Waals surface area (Å²) >= 11 is 0. The van der Waals surface area contributed by atoms with E-state index >= 15 is 0 Å². The zero-order valence-corrected chi connectivity index (χ0v) is 16.2. The van der Waals surface area contributed by atoms with Gasteiger partial charge in [0, 0.05) is 18.4 Å². The van der Waals surface area contributed by atoms with Crippen LogP contribution in [0.5, 0.6) is 0 Å². The monoisotopic (exact) mass is 353 g/mol. The van der Waals surface area contributed by atoms with E-state index in [-0.39, 0.29) is 17.2 Å². The average Bonchev–Trinajstić information content (AvgIpc) is 3.18. The van der Waals surface area contributed by atoms with E-state index in [4.69, 9.17) is 11.0 Å². The molecule has 0 saturated carbocycles. The van der Waals surface area contributed by atoms with Gasteiger partial charge in [0.1, 0.15) is 5.82 Å². The van der Waals surface area contributed by atoms with Crippen LogP contribution in [0, 0.1) is 13.5 Å². The first kappa shape index (κ1) is 17.9. The molecule has 0 aliphatic rings. The van der Waals surface area contributed by atoms with Gasteiger partial charge in [-0.05, 0) is 12.5 Å². The molecule has 0 fully saturated rings. The number of furan rings is 1. The Morgan fingerprint density at radius 2 is 1.92 bits per heavy atom. The molecule has 136 valence electrons. The number of rotatable bonds is 3. The molecule has 0 atom stereocenters. The number of aromatic nitrogens is 4. The Bertz CT molecular complexity index is 1030. The number of nitrogens with zero attached hydrogens (tertiary/aromatic N) is 7. The van der Waals surface area contributed by atoms with E-state index in [2.05, 4.69) is 59.9 Å². The summed E-state index contributed by atoms with van der Waals surface area (Å²) < 4.78 is 8.98. The summed E-state index contributed by atoms with van der Waals surface area (Å²) in [6.45, 7) is 19.5. The summed E-state index contributed by atoms with van der Waals surface area (Å²) in [5.41, 5.74) is 3.10. The van der Waals surface area contributed by atoms with Gasteiger partial charge in [-0.15, -0.1) is 20.0 Å². The molecule has 0 aromatic carbocycles. The van der Waals surface area contributed by atoms with Gasteiger partial charge in [-0.3, -0.25) is 0 Å². The second-order valence-electron chi connectivity index (χ2n) is 7.72. The van der Waals surface area contributed by atoms with Crippen LogP contribution in [-0.4, -0.2) is 19.4 Å². The van der Waals surface area contributed by atoms with Gasteiger partial charge in [-0.25, -0.2) is 4.85 Å². The summed E-state index contributed by atoms with van der Waals surface area (Å²) in [4.78, 5) is 3.47. The van der Waals surface area contributed by atoms with E-state index in [1.807, 2.05) is 18.5 Å². The predicted molar refractivity (Wildman–Crippen MR) is 98.6 cm³/mol. The van der Waals surface area contributed by atoms with Crippen molar-refractivity contribution in [2.45, 2.75) is 52.9 Å². The standard InChI is InChI=1S/C18H23N7O/c1-10(2)15-23-25-17(24(15)8)13(14(22-25)18(4,5)6)20-21-16-12(19-7)11(3)9-26-16/h9-10H,1-6,8H3/b21-20+. The third-order valence-corrected chi connectivity index (χ3v) is 4.18. The molecule has 3 aromatic rings. The second-order valence-corrected chi connectivity index (χ2v) is 7.72. The zero-order valence-electron chi connectivity index (χ0n) is 16.2. The fourth-order valence-electron chi connectivity index (χ4n) is 2.85. The van der Waals surface area contributed by atoms with Crippen LogP contribution in [0.3, 0.4) is 0 Å². The van der Waals surface area contributed by atoms with Crippen molar-refractivity contribution in [1.82, 2.24) is 19.4 Å². The molecule has 3 rings (SSSR count). The maximum Gasteiger partial charge on any atom is 0.255 e. The van der Waals surface area contributed by atoms with Crippen molar-refractivity contribution in [2.24, 2.45) is 17.3 Å². The van der Waals surface area contributed by atoms with Crippen molar-refractivity contribution >= 4 is 22.9 Å². The number of hydrogen-bond donors (Lipinski definition) is 0. The van der Waals surface area contributed by atoms with E-state index in [0.717, 1.165) is 22.7 Å². The van der Waals surface area contributed by atoms with E-state index in [9.17, 15) is 0 Å². The Hall–Kier alpha value is -2.95. The third kappa shape index (κ3) is 2.79. The molecule has 0 aliphatic heterocycles. The SMILES string of the molecule is [C-]#[N+]c1c(C)coc1/N=N/c1c(C(C)(C)C)nn2nc(C(C)C)n(C)c12. The maximum absolute atomic E-state index is 7.29.